The highest BCUT2D eigenvalue weighted by molar-refractivity contribution is 6.07. The quantitative estimate of drug-likeness (QED) is 0.123. The van der Waals surface area contributed by atoms with E-state index < -0.39 is 0 Å². The van der Waals surface area contributed by atoms with Crippen molar-refractivity contribution in [3.8, 4) is 11.5 Å². The van der Waals surface area contributed by atoms with Crippen LogP contribution in [-0.2, 0) is 22.7 Å². The number of aryl methyl sites for hydroxylation is 1. The summed E-state index contributed by atoms with van der Waals surface area (Å²) >= 11 is 0. The fourth-order valence-corrected chi connectivity index (χ4v) is 5.77. The van der Waals surface area contributed by atoms with Crippen molar-refractivity contribution in [2.45, 2.75) is 45.8 Å². The first-order chi connectivity index (χ1) is 24.8. The highest BCUT2D eigenvalue weighted by atomic mass is 16.5. The molecule has 0 spiro atoms. The summed E-state index contributed by atoms with van der Waals surface area (Å²) in [5, 5.41) is 5.93. The number of nitrogens with zero attached hydrogens (tertiary/aromatic N) is 2. The summed E-state index contributed by atoms with van der Waals surface area (Å²) in [4.78, 5) is 43.3. The van der Waals surface area contributed by atoms with E-state index in [4.69, 9.17) is 14.2 Å². The van der Waals surface area contributed by atoms with Crippen LogP contribution in [0.4, 0.5) is 11.4 Å². The van der Waals surface area contributed by atoms with Crippen LogP contribution in [0.1, 0.15) is 63.1 Å². The molecule has 1 aliphatic rings. The fraction of sp³-hybridized carbons (Fsp3) is 0.341. The van der Waals surface area contributed by atoms with Gasteiger partial charge in [-0.05, 0) is 99.0 Å². The lowest BCUT2D eigenvalue weighted by atomic mass is 10.1. The number of methoxy groups -OCH3 is 1. The molecule has 0 bridgehead atoms. The van der Waals surface area contributed by atoms with Crippen LogP contribution in [0.15, 0.2) is 91.0 Å². The molecule has 0 unspecified atom stereocenters. The minimum Gasteiger partial charge on any atom is -0.491 e. The zero-order chi connectivity index (χ0) is 36.0. The van der Waals surface area contributed by atoms with Crippen LogP contribution < -0.4 is 20.1 Å². The Morgan fingerprint density at radius 1 is 0.706 bits per heavy atom. The third-order valence-electron chi connectivity index (χ3n) is 8.81. The van der Waals surface area contributed by atoms with Crippen LogP contribution in [-0.4, -0.2) is 74.5 Å². The highest BCUT2D eigenvalue weighted by Gasteiger charge is 2.19. The van der Waals surface area contributed by atoms with E-state index in [0.29, 0.717) is 59.2 Å². The first-order valence-corrected chi connectivity index (χ1v) is 17.5. The molecule has 268 valence electrons. The second-order valence-electron chi connectivity index (χ2n) is 12.9. The Morgan fingerprint density at radius 3 is 2.14 bits per heavy atom. The molecule has 4 aromatic carbocycles. The fourth-order valence-electron chi connectivity index (χ4n) is 5.77. The summed E-state index contributed by atoms with van der Waals surface area (Å²) < 4.78 is 17.3. The van der Waals surface area contributed by atoms with Crippen LogP contribution in [0, 0.1) is 6.92 Å². The van der Waals surface area contributed by atoms with Gasteiger partial charge in [-0.2, -0.15) is 0 Å². The van der Waals surface area contributed by atoms with Gasteiger partial charge in [0.25, 0.3) is 11.8 Å². The summed E-state index contributed by atoms with van der Waals surface area (Å²) in [5.41, 5.74) is 4.73. The summed E-state index contributed by atoms with van der Waals surface area (Å²) in [5.74, 6) is 0.884. The Morgan fingerprint density at radius 2 is 1.39 bits per heavy atom. The van der Waals surface area contributed by atoms with E-state index in [2.05, 4.69) is 22.6 Å². The van der Waals surface area contributed by atoms with Crippen molar-refractivity contribution in [3.63, 3.8) is 0 Å². The summed E-state index contributed by atoms with van der Waals surface area (Å²) in [7, 11) is 3.64. The number of piperazine rings is 1. The van der Waals surface area contributed by atoms with Crippen LogP contribution in [0.5, 0.6) is 11.5 Å². The Kier molecular flexibility index (Phi) is 13.6. The van der Waals surface area contributed by atoms with E-state index in [0.717, 1.165) is 56.6 Å². The molecule has 0 aromatic heterocycles. The van der Waals surface area contributed by atoms with Gasteiger partial charge in [-0.1, -0.05) is 36.4 Å². The highest BCUT2D eigenvalue weighted by Crippen LogP contribution is 2.28. The Labute approximate surface area is 300 Å². The molecule has 5 rings (SSSR count). The van der Waals surface area contributed by atoms with Gasteiger partial charge in [0.05, 0.1) is 18.9 Å². The lowest BCUT2D eigenvalue weighted by Gasteiger charge is -2.32. The smallest absolute Gasteiger partial charge is 0.255 e. The number of rotatable bonds is 16. The van der Waals surface area contributed by atoms with E-state index in [1.807, 2.05) is 60.4 Å². The summed E-state index contributed by atoms with van der Waals surface area (Å²) in [6.07, 6.45) is 3.06. The van der Waals surface area contributed by atoms with Crippen molar-refractivity contribution in [1.82, 2.24) is 9.80 Å². The maximum Gasteiger partial charge on any atom is 0.255 e. The first-order valence-electron chi connectivity index (χ1n) is 17.5. The van der Waals surface area contributed by atoms with Crippen LogP contribution in [0.2, 0.25) is 0 Å². The SMILES string of the molecule is COCc1cc(C(=O)Nc2ccc(C)cc2OCCCCCC(=O)N2CCN(C)CC2)ccc1NC(=O)c1ccc(OCc2ccccc2)cc1. The lowest BCUT2D eigenvalue weighted by molar-refractivity contribution is -0.132. The van der Waals surface area contributed by atoms with Gasteiger partial charge >= 0.3 is 0 Å². The molecular formula is C41H48N4O6. The van der Waals surface area contributed by atoms with Gasteiger partial charge in [0, 0.05) is 62.1 Å². The largest absolute Gasteiger partial charge is 0.491 e. The monoisotopic (exact) mass is 692 g/mol. The number of hydrogen-bond donors (Lipinski definition) is 2. The van der Waals surface area contributed by atoms with Crippen LogP contribution >= 0.6 is 0 Å². The number of nitrogens with one attached hydrogen (secondary N) is 2. The molecule has 0 radical (unpaired) electrons. The minimum atomic E-state index is -0.313. The molecule has 51 heavy (non-hydrogen) atoms. The zero-order valence-corrected chi connectivity index (χ0v) is 29.8. The van der Waals surface area contributed by atoms with Crippen molar-refractivity contribution < 1.29 is 28.6 Å². The Hall–Kier alpha value is -5.19. The average molecular weight is 693 g/mol. The predicted octanol–water partition coefficient (Wildman–Crippen LogP) is 6.94. The maximum absolute atomic E-state index is 13.4. The summed E-state index contributed by atoms with van der Waals surface area (Å²) in [6.45, 7) is 6.54. The van der Waals surface area contributed by atoms with Gasteiger partial charge in [-0.3, -0.25) is 14.4 Å². The standard InChI is InChI=1S/C41H48N4O6/c1-30-13-19-37(38(26-30)50-25-9-5-8-12-39(46)45-23-21-44(2)22-24-45)43-41(48)33-16-20-36(34(27-33)29-49-3)42-40(47)32-14-17-35(18-15-32)51-28-31-10-6-4-7-11-31/h4,6-7,10-11,13-20,26-27H,5,8-9,12,21-25,28-29H2,1-3H3,(H,42,47)(H,43,48). The normalized spacial score (nSPS) is 13.0. The molecule has 4 aromatic rings. The van der Waals surface area contributed by atoms with Crippen molar-refractivity contribution >= 4 is 29.1 Å². The molecule has 0 atom stereocenters. The van der Waals surface area contributed by atoms with E-state index >= 15 is 0 Å². The molecule has 10 heteroatoms. The second kappa shape index (κ2) is 18.7. The van der Waals surface area contributed by atoms with Gasteiger partial charge in [0.2, 0.25) is 5.91 Å². The van der Waals surface area contributed by atoms with Gasteiger partial charge in [0.1, 0.15) is 18.1 Å². The molecule has 10 nitrogen and oxygen atoms in total. The van der Waals surface area contributed by atoms with Gasteiger partial charge in [-0.15, -0.1) is 0 Å². The predicted molar refractivity (Wildman–Crippen MR) is 199 cm³/mol. The molecular weight excluding hydrogens is 644 g/mol. The number of carbonyl (C=O) groups excluding carboxylic acids is 3. The van der Waals surface area contributed by atoms with Gasteiger partial charge in [0.15, 0.2) is 0 Å². The molecule has 1 saturated heterocycles. The zero-order valence-electron chi connectivity index (χ0n) is 29.8. The number of ether oxygens (including phenoxy) is 3. The molecule has 0 saturated carbocycles. The van der Waals surface area contributed by atoms with Crippen LogP contribution in [0.25, 0.3) is 0 Å². The first kappa shape index (κ1) is 37.1. The molecule has 0 aliphatic carbocycles. The van der Waals surface area contributed by atoms with E-state index in [1.165, 1.54) is 0 Å². The third-order valence-corrected chi connectivity index (χ3v) is 8.81. The Balaban J connectivity index is 1.13. The number of benzene rings is 4. The van der Waals surface area contributed by atoms with E-state index in [1.54, 1.807) is 49.6 Å². The number of likely N-dealkylation sites (N-methyl/N-ethyl adjacent to an activating group) is 1. The van der Waals surface area contributed by atoms with Crippen molar-refractivity contribution in [1.29, 1.82) is 0 Å². The molecule has 1 fully saturated rings. The topological polar surface area (TPSA) is 109 Å². The van der Waals surface area contributed by atoms with Crippen molar-refractivity contribution in [2.24, 2.45) is 0 Å². The van der Waals surface area contributed by atoms with E-state index in [9.17, 15) is 14.4 Å². The van der Waals surface area contributed by atoms with Gasteiger partial charge in [-0.25, -0.2) is 0 Å². The molecule has 2 N–H and O–H groups in total. The third kappa shape index (κ3) is 11.2. The Bertz CT molecular complexity index is 1750. The number of amides is 3. The van der Waals surface area contributed by atoms with Gasteiger partial charge < -0.3 is 34.6 Å². The number of hydrogen-bond acceptors (Lipinski definition) is 7. The average Bonchev–Trinajstić information content (AvgIpc) is 3.14. The maximum atomic E-state index is 13.4. The molecule has 1 aliphatic heterocycles. The number of unbranched alkanes of at least 4 members (excludes halogenated alkanes) is 2. The second-order valence-corrected chi connectivity index (χ2v) is 12.9. The number of carbonyl (C=O) groups is 3. The minimum absolute atomic E-state index is 0.197. The lowest BCUT2D eigenvalue weighted by Crippen LogP contribution is -2.47. The molecule has 3 amide bonds. The molecule has 1 heterocycles. The van der Waals surface area contributed by atoms with E-state index in [-0.39, 0.29) is 24.3 Å². The van der Waals surface area contributed by atoms with Crippen molar-refractivity contribution in [3.05, 3.63) is 119 Å². The van der Waals surface area contributed by atoms with Crippen LogP contribution in [0.3, 0.4) is 0 Å². The number of anilines is 2. The summed E-state index contributed by atoms with van der Waals surface area (Å²) in [6, 6.07) is 27.6. The van der Waals surface area contributed by atoms with Crippen molar-refractivity contribution in [2.75, 3.05) is 57.6 Å².